The number of hydrogen-bond acceptors (Lipinski definition) is 4. The Hall–Kier alpha value is -0.610. The molecule has 0 aromatic heterocycles. The van der Waals surface area contributed by atoms with E-state index in [0.717, 1.165) is 13.0 Å². The van der Waals surface area contributed by atoms with E-state index < -0.39 is 0 Å². The van der Waals surface area contributed by atoms with Crippen LogP contribution in [0.5, 0.6) is 0 Å². The van der Waals surface area contributed by atoms with Gasteiger partial charge in [0.2, 0.25) is 0 Å². The molecule has 1 saturated heterocycles. The molecule has 0 aromatic rings. The van der Waals surface area contributed by atoms with Gasteiger partial charge in [-0.05, 0) is 25.4 Å². The van der Waals surface area contributed by atoms with Crippen LogP contribution >= 0.6 is 0 Å². The number of nitrogens with two attached hydrogens (primary N) is 1. The fraction of sp³-hybridized carbons (Fsp3) is 0.875. The largest absolute Gasteiger partial charge is 0.469 e. The Kier molecular flexibility index (Phi) is 3.49. The summed E-state index contributed by atoms with van der Waals surface area (Å²) in [7, 11) is 1.42. The monoisotopic (exact) mass is 172 g/mol. The fourth-order valence-electron chi connectivity index (χ4n) is 1.62. The first-order chi connectivity index (χ1) is 5.79. The van der Waals surface area contributed by atoms with E-state index in [9.17, 15) is 4.79 Å². The van der Waals surface area contributed by atoms with Crippen LogP contribution in [0.3, 0.4) is 0 Å². The van der Waals surface area contributed by atoms with Gasteiger partial charge in [-0.3, -0.25) is 4.79 Å². The van der Waals surface area contributed by atoms with E-state index in [0.29, 0.717) is 19.0 Å². The van der Waals surface area contributed by atoms with Crippen molar-refractivity contribution in [3.8, 4) is 0 Å². The summed E-state index contributed by atoms with van der Waals surface area (Å²) in [5, 5.41) is 3.16. The van der Waals surface area contributed by atoms with Crippen LogP contribution in [0.4, 0.5) is 0 Å². The number of carbonyl (C=O) groups is 1. The van der Waals surface area contributed by atoms with Crippen LogP contribution in [0.1, 0.15) is 6.42 Å². The van der Waals surface area contributed by atoms with Gasteiger partial charge >= 0.3 is 5.97 Å². The molecule has 0 bridgehead atoms. The Balaban J connectivity index is 2.52. The highest BCUT2D eigenvalue weighted by atomic mass is 16.5. The molecule has 70 valence electrons. The van der Waals surface area contributed by atoms with Crippen LogP contribution in [0.15, 0.2) is 0 Å². The van der Waals surface area contributed by atoms with Crippen LogP contribution in [0, 0.1) is 11.8 Å². The lowest BCUT2D eigenvalue weighted by molar-refractivity contribution is -0.147. The zero-order chi connectivity index (χ0) is 8.97. The molecule has 1 aliphatic heterocycles. The van der Waals surface area contributed by atoms with Gasteiger partial charge in [-0.25, -0.2) is 0 Å². The number of ether oxygens (including phenoxy) is 1. The van der Waals surface area contributed by atoms with Crippen LogP contribution in [0.25, 0.3) is 0 Å². The maximum Gasteiger partial charge on any atom is 0.310 e. The molecular weight excluding hydrogens is 156 g/mol. The summed E-state index contributed by atoms with van der Waals surface area (Å²) in [6.45, 7) is 2.23. The van der Waals surface area contributed by atoms with Crippen molar-refractivity contribution in [2.24, 2.45) is 17.6 Å². The molecule has 0 radical (unpaired) electrons. The lowest BCUT2D eigenvalue weighted by Gasteiger charge is -2.28. The molecule has 0 aromatic carbocycles. The van der Waals surface area contributed by atoms with Crippen molar-refractivity contribution in [1.82, 2.24) is 5.32 Å². The highest BCUT2D eigenvalue weighted by Gasteiger charge is 2.30. The standard InChI is InChI=1S/C8H16N2O2/c1-12-8(11)7-5-10-3-2-6(7)4-9/h6-7,10H,2-5,9H2,1H3/t6-,7-/m1/s1. The van der Waals surface area contributed by atoms with Crippen molar-refractivity contribution in [3.05, 3.63) is 0 Å². The van der Waals surface area contributed by atoms with Gasteiger partial charge in [-0.2, -0.15) is 0 Å². The molecule has 1 aliphatic rings. The molecule has 3 N–H and O–H groups in total. The lowest BCUT2D eigenvalue weighted by Crippen LogP contribution is -2.44. The average molecular weight is 172 g/mol. The summed E-state index contributed by atoms with van der Waals surface area (Å²) in [5.74, 6) is 0.102. The maximum atomic E-state index is 11.2. The quantitative estimate of drug-likeness (QED) is 0.543. The highest BCUT2D eigenvalue weighted by molar-refractivity contribution is 5.73. The molecule has 1 rings (SSSR count). The van der Waals surface area contributed by atoms with Gasteiger partial charge in [0.25, 0.3) is 0 Å². The molecule has 12 heavy (non-hydrogen) atoms. The number of piperidine rings is 1. The second-order valence-corrected chi connectivity index (χ2v) is 3.12. The van der Waals surface area contributed by atoms with Gasteiger partial charge < -0.3 is 15.8 Å². The summed E-state index contributed by atoms with van der Waals surface area (Å²) < 4.78 is 4.69. The Morgan fingerprint density at radius 2 is 2.50 bits per heavy atom. The zero-order valence-electron chi connectivity index (χ0n) is 7.38. The summed E-state index contributed by atoms with van der Waals surface area (Å²) in [6.07, 6.45) is 0.969. The Bertz CT molecular complexity index is 161. The minimum absolute atomic E-state index is 0.0475. The van der Waals surface area contributed by atoms with E-state index in [1.165, 1.54) is 7.11 Å². The Morgan fingerprint density at radius 3 is 3.08 bits per heavy atom. The molecule has 0 aliphatic carbocycles. The first-order valence-electron chi connectivity index (χ1n) is 4.28. The molecular formula is C8H16N2O2. The molecule has 4 heteroatoms. The predicted octanol–water partition coefficient (Wildman–Crippen LogP) is -0.656. The van der Waals surface area contributed by atoms with E-state index in [-0.39, 0.29) is 11.9 Å². The number of hydrogen-bond donors (Lipinski definition) is 2. The third-order valence-electron chi connectivity index (χ3n) is 2.43. The number of methoxy groups -OCH3 is 1. The van der Waals surface area contributed by atoms with Crippen molar-refractivity contribution in [2.45, 2.75) is 6.42 Å². The molecule has 0 spiro atoms. The van der Waals surface area contributed by atoms with Crippen molar-refractivity contribution < 1.29 is 9.53 Å². The third-order valence-corrected chi connectivity index (χ3v) is 2.43. The van der Waals surface area contributed by atoms with E-state index in [1.807, 2.05) is 0 Å². The fourth-order valence-corrected chi connectivity index (χ4v) is 1.62. The first-order valence-corrected chi connectivity index (χ1v) is 4.28. The third kappa shape index (κ3) is 1.95. The molecule has 0 unspecified atom stereocenters. The average Bonchev–Trinajstić information content (AvgIpc) is 2.16. The number of rotatable bonds is 2. The van der Waals surface area contributed by atoms with Crippen molar-refractivity contribution >= 4 is 5.97 Å². The predicted molar refractivity (Wildman–Crippen MR) is 45.5 cm³/mol. The summed E-state index contributed by atoms with van der Waals surface area (Å²) >= 11 is 0. The van der Waals surface area contributed by atoms with Gasteiger partial charge in [-0.1, -0.05) is 0 Å². The molecule has 2 atom stereocenters. The Morgan fingerprint density at radius 1 is 1.75 bits per heavy atom. The first kappa shape index (κ1) is 9.48. The zero-order valence-corrected chi connectivity index (χ0v) is 7.38. The minimum Gasteiger partial charge on any atom is -0.469 e. The van der Waals surface area contributed by atoms with Crippen molar-refractivity contribution in [2.75, 3.05) is 26.7 Å². The van der Waals surface area contributed by atoms with Crippen molar-refractivity contribution in [3.63, 3.8) is 0 Å². The Labute approximate surface area is 72.5 Å². The van der Waals surface area contributed by atoms with Crippen molar-refractivity contribution in [1.29, 1.82) is 0 Å². The van der Waals surface area contributed by atoms with Crippen LogP contribution in [-0.4, -0.2) is 32.7 Å². The molecule has 0 saturated carbocycles. The summed E-state index contributed by atoms with van der Waals surface area (Å²) in [6, 6.07) is 0. The van der Waals surface area contributed by atoms with E-state index in [2.05, 4.69) is 10.1 Å². The molecule has 1 fully saturated rings. The van der Waals surface area contributed by atoms with Gasteiger partial charge in [0.15, 0.2) is 0 Å². The topological polar surface area (TPSA) is 64.3 Å². The van der Waals surface area contributed by atoms with E-state index >= 15 is 0 Å². The summed E-state index contributed by atoms with van der Waals surface area (Å²) in [5.41, 5.74) is 5.55. The normalized spacial score (nSPS) is 29.8. The van der Waals surface area contributed by atoms with E-state index in [1.54, 1.807) is 0 Å². The minimum atomic E-state index is -0.141. The summed E-state index contributed by atoms with van der Waals surface area (Å²) in [4.78, 5) is 11.2. The van der Waals surface area contributed by atoms with Crippen LogP contribution in [0.2, 0.25) is 0 Å². The number of nitrogens with one attached hydrogen (secondary N) is 1. The second-order valence-electron chi connectivity index (χ2n) is 3.12. The number of esters is 1. The van der Waals surface area contributed by atoms with Gasteiger partial charge in [0.05, 0.1) is 13.0 Å². The van der Waals surface area contributed by atoms with Gasteiger partial charge in [0, 0.05) is 6.54 Å². The number of carbonyl (C=O) groups excluding carboxylic acids is 1. The van der Waals surface area contributed by atoms with Crippen LogP contribution in [-0.2, 0) is 9.53 Å². The molecule has 0 amide bonds. The lowest BCUT2D eigenvalue weighted by atomic mass is 9.86. The smallest absolute Gasteiger partial charge is 0.310 e. The molecule has 1 heterocycles. The SMILES string of the molecule is COC(=O)[C@@H]1CNCC[C@@H]1CN. The van der Waals surface area contributed by atoms with E-state index in [4.69, 9.17) is 5.73 Å². The second kappa shape index (κ2) is 4.42. The van der Waals surface area contributed by atoms with Crippen LogP contribution < -0.4 is 11.1 Å². The highest BCUT2D eigenvalue weighted by Crippen LogP contribution is 2.18. The molecule has 4 nitrogen and oxygen atoms in total. The van der Waals surface area contributed by atoms with Gasteiger partial charge in [0.1, 0.15) is 0 Å². The maximum absolute atomic E-state index is 11.2. The van der Waals surface area contributed by atoms with Gasteiger partial charge in [-0.15, -0.1) is 0 Å².